The Balaban J connectivity index is 1.70. The Bertz CT molecular complexity index is 666. The second-order valence-electron chi connectivity index (χ2n) is 8.83. The van der Waals surface area contributed by atoms with Gasteiger partial charge in [0.1, 0.15) is 0 Å². The first-order chi connectivity index (χ1) is 12.0. The van der Waals surface area contributed by atoms with Gasteiger partial charge in [0, 0.05) is 23.6 Å². The molecule has 1 aromatic rings. The molecule has 3 aliphatic rings. The largest absolute Gasteiger partial charge is 0.366 e. The summed E-state index contributed by atoms with van der Waals surface area (Å²) in [5.41, 5.74) is 9.25. The maximum Gasteiger partial charge on any atom is 0.248 e. The molecule has 2 N–H and O–H groups in total. The van der Waals surface area contributed by atoms with Gasteiger partial charge in [-0.1, -0.05) is 18.9 Å². The maximum absolute atomic E-state index is 11.8. The third kappa shape index (κ3) is 3.01. The van der Waals surface area contributed by atoms with Gasteiger partial charge in [0.15, 0.2) is 0 Å². The molecule has 0 unspecified atom stereocenters. The first kappa shape index (κ1) is 17.1. The summed E-state index contributed by atoms with van der Waals surface area (Å²) in [6.45, 7) is 7.17. The average molecular weight is 341 g/mol. The van der Waals surface area contributed by atoms with E-state index in [1.165, 1.54) is 69.2 Å². The molecular formula is C22H32N2O. The van der Waals surface area contributed by atoms with Crippen LogP contribution in [0, 0.1) is 18.8 Å². The van der Waals surface area contributed by atoms with Crippen LogP contribution in [0.5, 0.6) is 0 Å². The van der Waals surface area contributed by atoms with Gasteiger partial charge in [-0.25, -0.2) is 0 Å². The topological polar surface area (TPSA) is 46.3 Å². The van der Waals surface area contributed by atoms with Crippen LogP contribution in [0.2, 0.25) is 0 Å². The number of likely N-dealkylation sites (tertiary alicyclic amines) is 1. The van der Waals surface area contributed by atoms with Crippen LogP contribution in [0.15, 0.2) is 18.2 Å². The van der Waals surface area contributed by atoms with Gasteiger partial charge in [0.25, 0.3) is 0 Å². The normalized spacial score (nSPS) is 33.0. The average Bonchev–Trinajstić information content (AvgIpc) is 3.42. The lowest BCUT2D eigenvalue weighted by molar-refractivity contribution is 0.00543. The number of hydrogen-bond donors (Lipinski definition) is 1. The van der Waals surface area contributed by atoms with E-state index in [2.05, 4.69) is 30.9 Å². The minimum Gasteiger partial charge on any atom is -0.366 e. The highest BCUT2D eigenvalue weighted by atomic mass is 16.1. The molecule has 2 aliphatic carbocycles. The highest BCUT2D eigenvalue weighted by molar-refractivity contribution is 5.93. The van der Waals surface area contributed by atoms with Crippen LogP contribution < -0.4 is 5.73 Å². The van der Waals surface area contributed by atoms with Crippen LogP contribution in [0.1, 0.15) is 73.4 Å². The number of fused-ring (bicyclic) bond motifs is 1. The lowest BCUT2D eigenvalue weighted by atomic mass is 9.56. The minimum atomic E-state index is -0.302. The van der Waals surface area contributed by atoms with Crippen molar-refractivity contribution in [2.45, 2.75) is 70.3 Å². The molecule has 3 fully saturated rings. The van der Waals surface area contributed by atoms with E-state index < -0.39 is 0 Å². The zero-order valence-electron chi connectivity index (χ0n) is 15.8. The molecule has 3 heteroatoms. The van der Waals surface area contributed by atoms with Crippen LogP contribution >= 0.6 is 0 Å². The first-order valence-electron chi connectivity index (χ1n) is 10.2. The monoisotopic (exact) mass is 340 g/mol. The quantitative estimate of drug-likeness (QED) is 0.899. The molecule has 0 spiro atoms. The predicted molar refractivity (Wildman–Crippen MR) is 102 cm³/mol. The van der Waals surface area contributed by atoms with Crippen molar-refractivity contribution in [2.75, 3.05) is 13.1 Å². The van der Waals surface area contributed by atoms with E-state index in [1.807, 2.05) is 6.07 Å². The number of carbonyl (C=O) groups is 1. The number of benzene rings is 1. The number of nitrogens with zero attached hydrogens (tertiary/aromatic N) is 1. The summed E-state index contributed by atoms with van der Waals surface area (Å²) in [6, 6.07) is 6.77. The summed E-state index contributed by atoms with van der Waals surface area (Å²) < 4.78 is 0. The van der Waals surface area contributed by atoms with Crippen LogP contribution in [0.4, 0.5) is 0 Å². The number of carbonyl (C=O) groups excluding carboxylic acids is 1. The number of primary amides is 1. The summed E-state index contributed by atoms with van der Waals surface area (Å²) in [5.74, 6) is 1.36. The number of hydrogen-bond acceptors (Lipinski definition) is 2. The molecule has 3 nitrogen and oxygen atoms in total. The number of amides is 1. The first-order valence-corrected chi connectivity index (χ1v) is 10.2. The fourth-order valence-electron chi connectivity index (χ4n) is 5.75. The lowest BCUT2D eigenvalue weighted by Gasteiger charge is -2.55. The van der Waals surface area contributed by atoms with Crippen LogP contribution in [-0.2, 0) is 5.41 Å². The fourth-order valence-corrected chi connectivity index (χ4v) is 5.75. The molecule has 136 valence electrons. The number of aryl methyl sites for hydroxylation is 1. The Morgan fingerprint density at radius 1 is 1.24 bits per heavy atom. The van der Waals surface area contributed by atoms with Gasteiger partial charge in [-0.05, 0) is 87.6 Å². The SMILES string of the molecule is Cc1ccc(C(N)=O)cc1[C@@]12CCCC[C@H]1[C@@H](C)N(CC1CC1)CC2. The van der Waals surface area contributed by atoms with Crippen molar-refractivity contribution in [1.29, 1.82) is 0 Å². The van der Waals surface area contributed by atoms with Crippen molar-refractivity contribution in [3.63, 3.8) is 0 Å². The fraction of sp³-hybridized carbons (Fsp3) is 0.682. The van der Waals surface area contributed by atoms with E-state index in [1.54, 1.807) is 0 Å². The van der Waals surface area contributed by atoms with E-state index in [-0.39, 0.29) is 11.3 Å². The van der Waals surface area contributed by atoms with E-state index in [9.17, 15) is 4.79 Å². The van der Waals surface area contributed by atoms with Crippen LogP contribution in [0.3, 0.4) is 0 Å². The summed E-state index contributed by atoms with van der Waals surface area (Å²) in [7, 11) is 0. The van der Waals surface area contributed by atoms with E-state index in [0.29, 0.717) is 17.5 Å². The van der Waals surface area contributed by atoms with Crippen molar-refractivity contribution in [3.8, 4) is 0 Å². The molecule has 2 saturated carbocycles. The third-order valence-corrected chi connectivity index (χ3v) is 7.35. The Labute approximate surface area is 152 Å². The Morgan fingerprint density at radius 2 is 2.04 bits per heavy atom. The zero-order valence-corrected chi connectivity index (χ0v) is 15.8. The molecular weight excluding hydrogens is 308 g/mol. The van der Waals surface area contributed by atoms with E-state index >= 15 is 0 Å². The van der Waals surface area contributed by atoms with Crippen molar-refractivity contribution in [1.82, 2.24) is 4.90 Å². The van der Waals surface area contributed by atoms with Gasteiger partial charge in [0.2, 0.25) is 5.91 Å². The number of piperidine rings is 1. The van der Waals surface area contributed by atoms with Gasteiger partial charge >= 0.3 is 0 Å². The standard InChI is InChI=1S/C22H32N2O/c1-15-6-9-18(21(23)25)13-20(15)22-10-4-3-5-19(22)16(2)24(12-11-22)14-17-7-8-17/h6,9,13,16-17,19H,3-5,7-8,10-12,14H2,1-2H3,(H2,23,25)/t16-,19+,22-/m1/s1. The summed E-state index contributed by atoms with van der Waals surface area (Å²) in [6.07, 6.45) is 9.34. The Hall–Kier alpha value is -1.35. The van der Waals surface area contributed by atoms with Gasteiger partial charge < -0.3 is 10.6 Å². The molecule has 3 atom stereocenters. The lowest BCUT2D eigenvalue weighted by Crippen LogP contribution is -2.56. The van der Waals surface area contributed by atoms with Gasteiger partial charge in [0.05, 0.1) is 0 Å². The molecule has 1 saturated heterocycles. The molecule has 0 radical (unpaired) electrons. The molecule has 1 amide bonds. The number of rotatable bonds is 4. The van der Waals surface area contributed by atoms with Gasteiger partial charge in [-0.15, -0.1) is 0 Å². The number of nitrogens with two attached hydrogens (primary N) is 1. The van der Waals surface area contributed by atoms with Crippen molar-refractivity contribution >= 4 is 5.91 Å². The Kier molecular flexibility index (Phi) is 4.39. The van der Waals surface area contributed by atoms with Gasteiger partial charge in [-0.2, -0.15) is 0 Å². The second-order valence-corrected chi connectivity index (χ2v) is 8.83. The van der Waals surface area contributed by atoms with Crippen molar-refractivity contribution < 1.29 is 4.79 Å². The zero-order chi connectivity index (χ0) is 17.6. The molecule has 0 aromatic heterocycles. The van der Waals surface area contributed by atoms with Crippen molar-refractivity contribution in [2.24, 2.45) is 17.6 Å². The smallest absolute Gasteiger partial charge is 0.248 e. The van der Waals surface area contributed by atoms with Crippen LogP contribution in [0.25, 0.3) is 0 Å². The predicted octanol–water partition coefficient (Wildman–Crippen LogP) is 4.03. The van der Waals surface area contributed by atoms with Crippen LogP contribution in [-0.4, -0.2) is 29.9 Å². The summed E-state index contributed by atoms with van der Waals surface area (Å²) >= 11 is 0. The molecule has 0 bridgehead atoms. The van der Waals surface area contributed by atoms with Crippen molar-refractivity contribution in [3.05, 3.63) is 34.9 Å². The van der Waals surface area contributed by atoms with E-state index in [4.69, 9.17) is 5.73 Å². The summed E-state index contributed by atoms with van der Waals surface area (Å²) in [4.78, 5) is 14.5. The summed E-state index contributed by atoms with van der Waals surface area (Å²) in [5, 5.41) is 0. The highest BCUT2D eigenvalue weighted by Crippen LogP contribution is 2.52. The highest BCUT2D eigenvalue weighted by Gasteiger charge is 2.49. The second kappa shape index (κ2) is 6.42. The van der Waals surface area contributed by atoms with E-state index in [0.717, 1.165) is 5.92 Å². The molecule has 25 heavy (non-hydrogen) atoms. The maximum atomic E-state index is 11.8. The molecule has 1 heterocycles. The third-order valence-electron chi connectivity index (χ3n) is 7.35. The molecule has 1 aliphatic heterocycles. The Morgan fingerprint density at radius 3 is 2.76 bits per heavy atom. The molecule has 1 aromatic carbocycles. The van der Waals surface area contributed by atoms with Gasteiger partial charge in [-0.3, -0.25) is 4.79 Å². The minimum absolute atomic E-state index is 0.243. The molecule has 4 rings (SSSR count).